The average molecular weight is 308 g/mol. The molecule has 0 atom stereocenters. The van der Waals surface area contributed by atoms with Crippen molar-refractivity contribution in [2.24, 2.45) is 0 Å². The predicted octanol–water partition coefficient (Wildman–Crippen LogP) is 4.84. The minimum absolute atomic E-state index is 0.343. The van der Waals surface area contributed by atoms with Crippen LogP contribution in [0.15, 0.2) is 24.3 Å². The van der Waals surface area contributed by atoms with Gasteiger partial charge in [0.05, 0.1) is 11.4 Å². The summed E-state index contributed by atoms with van der Waals surface area (Å²) in [4.78, 5) is 10.2. The van der Waals surface area contributed by atoms with E-state index in [2.05, 4.69) is 6.92 Å². The third kappa shape index (κ3) is 13.3. The Hall–Kier alpha value is -1.71. The highest BCUT2D eigenvalue weighted by atomic mass is 16.4. The van der Waals surface area contributed by atoms with Crippen LogP contribution in [0, 0.1) is 0 Å². The minimum atomic E-state index is -0.659. The van der Waals surface area contributed by atoms with Gasteiger partial charge in [-0.1, -0.05) is 70.4 Å². The largest absolute Gasteiger partial charge is 0.481 e. The summed E-state index contributed by atoms with van der Waals surface area (Å²) in [5, 5.41) is 8.41. The Morgan fingerprint density at radius 1 is 0.864 bits per heavy atom. The molecule has 0 spiro atoms. The van der Waals surface area contributed by atoms with Crippen LogP contribution in [0.25, 0.3) is 0 Å². The smallest absolute Gasteiger partial charge is 0.303 e. The molecule has 126 valence electrons. The number of benzene rings is 1. The van der Waals surface area contributed by atoms with E-state index in [9.17, 15) is 4.79 Å². The van der Waals surface area contributed by atoms with Crippen LogP contribution in [0.4, 0.5) is 11.4 Å². The first-order chi connectivity index (χ1) is 10.6. The van der Waals surface area contributed by atoms with E-state index >= 15 is 0 Å². The summed E-state index contributed by atoms with van der Waals surface area (Å²) in [6.45, 7) is 2.23. The summed E-state index contributed by atoms with van der Waals surface area (Å²) in [6.07, 6.45) is 11.5. The van der Waals surface area contributed by atoms with Gasteiger partial charge in [0.15, 0.2) is 0 Å². The molecule has 0 unspecified atom stereocenters. The van der Waals surface area contributed by atoms with E-state index < -0.39 is 5.97 Å². The molecule has 0 bridgehead atoms. The number of anilines is 2. The Labute approximate surface area is 134 Å². The van der Waals surface area contributed by atoms with E-state index in [1.165, 1.54) is 44.9 Å². The third-order valence-corrected chi connectivity index (χ3v) is 3.49. The Morgan fingerprint density at radius 2 is 1.27 bits per heavy atom. The zero-order valence-electron chi connectivity index (χ0n) is 13.9. The van der Waals surface area contributed by atoms with Crippen molar-refractivity contribution in [2.45, 2.75) is 71.1 Å². The number of carbonyl (C=O) groups is 1. The summed E-state index contributed by atoms with van der Waals surface area (Å²) < 4.78 is 0. The summed E-state index contributed by atoms with van der Waals surface area (Å²) in [6, 6.07) is 7.25. The van der Waals surface area contributed by atoms with Gasteiger partial charge in [-0.25, -0.2) is 0 Å². The van der Waals surface area contributed by atoms with Gasteiger partial charge in [-0.2, -0.15) is 0 Å². The first-order valence-electron chi connectivity index (χ1n) is 8.39. The first kappa shape index (κ1) is 20.3. The van der Waals surface area contributed by atoms with Crippen LogP contribution in [0.3, 0.4) is 0 Å². The lowest BCUT2D eigenvalue weighted by molar-refractivity contribution is -0.137. The Morgan fingerprint density at radius 3 is 1.64 bits per heavy atom. The van der Waals surface area contributed by atoms with Crippen LogP contribution in [0.5, 0.6) is 0 Å². The van der Waals surface area contributed by atoms with Gasteiger partial charge in [0.25, 0.3) is 0 Å². The Kier molecular flexibility index (Phi) is 13.1. The molecule has 5 N–H and O–H groups in total. The average Bonchev–Trinajstić information content (AvgIpc) is 2.49. The van der Waals surface area contributed by atoms with Crippen LogP contribution in [-0.2, 0) is 4.79 Å². The number of carboxylic acids is 1. The highest BCUT2D eigenvalue weighted by Gasteiger charge is 1.96. The van der Waals surface area contributed by atoms with Crippen LogP contribution in [0.1, 0.15) is 71.1 Å². The molecule has 4 nitrogen and oxygen atoms in total. The van der Waals surface area contributed by atoms with Crippen molar-refractivity contribution in [3.63, 3.8) is 0 Å². The predicted molar refractivity (Wildman–Crippen MR) is 94.7 cm³/mol. The van der Waals surface area contributed by atoms with Crippen molar-refractivity contribution >= 4 is 17.3 Å². The number of aliphatic carboxylic acids is 1. The van der Waals surface area contributed by atoms with E-state index in [4.69, 9.17) is 16.6 Å². The molecule has 22 heavy (non-hydrogen) atoms. The highest BCUT2D eigenvalue weighted by Crippen LogP contribution is 2.11. The lowest BCUT2D eigenvalue weighted by Gasteiger charge is -2.00. The Bertz CT molecular complexity index is 373. The topological polar surface area (TPSA) is 89.3 Å². The molecular formula is C18H32N2O2. The molecule has 0 saturated carbocycles. The van der Waals surface area contributed by atoms with Gasteiger partial charge in [0, 0.05) is 6.42 Å². The van der Waals surface area contributed by atoms with Crippen molar-refractivity contribution in [1.82, 2.24) is 0 Å². The standard InChI is InChI=1S/C12H24O2.C6H8N2/c1-2-3-4-5-6-7-8-9-10-11-12(13)14;7-5-3-1-2-4-6(5)8/h2-11H2,1H3,(H,13,14);1-4H,7-8H2. The fourth-order valence-electron chi connectivity index (χ4n) is 2.10. The SMILES string of the molecule is CCCCCCCCCCCC(=O)O.Nc1ccccc1N. The maximum Gasteiger partial charge on any atom is 0.303 e. The first-order valence-corrected chi connectivity index (χ1v) is 8.39. The number of hydrogen-bond donors (Lipinski definition) is 3. The lowest BCUT2D eigenvalue weighted by atomic mass is 10.1. The maximum atomic E-state index is 10.2. The molecule has 0 fully saturated rings. The maximum absolute atomic E-state index is 10.2. The summed E-state index contributed by atoms with van der Waals surface area (Å²) in [7, 11) is 0. The Balaban J connectivity index is 0.000000461. The lowest BCUT2D eigenvalue weighted by Crippen LogP contribution is -1.93. The van der Waals surface area contributed by atoms with E-state index in [1.807, 2.05) is 12.1 Å². The summed E-state index contributed by atoms with van der Waals surface area (Å²) >= 11 is 0. The molecule has 0 aliphatic carbocycles. The number of carboxylic acid groups (broad SMARTS) is 1. The number of nitrogen functional groups attached to an aromatic ring is 2. The van der Waals surface area contributed by atoms with Crippen molar-refractivity contribution in [3.05, 3.63) is 24.3 Å². The number of unbranched alkanes of at least 4 members (excludes halogenated alkanes) is 8. The van der Waals surface area contributed by atoms with Crippen molar-refractivity contribution < 1.29 is 9.90 Å². The van der Waals surface area contributed by atoms with E-state index in [1.54, 1.807) is 12.1 Å². The van der Waals surface area contributed by atoms with Gasteiger partial charge < -0.3 is 16.6 Å². The number of rotatable bonds is 10. The highest BCUT2D eigenvalue weighted by molar-refractivity contribution is 5.66. The van der Waals surface area contributed by atoms with Crippen molar-refractivity contribution in [2.75, 3.05) is 11.5 Å². The molecule has 0 aliphatic heterocycles. The van der Waals surface area contributed by atoms with Crippen molar-refractivity contribution in [3.8, 4) is 0 Å². The molecule has 1 rings (SSSR count). The summed E-state index contributed by atoms with van der Waals surface area (Å²) in [5.74, 6) is -0.659. The molecule has 1 aromatic rings. The van der Waals surface area contributed by atoms with Crippen LogP contribution in [0.2, 0.25) is 0 Å². The van der Waals surface area contributed by atoms with E-state index in [0.717, 1.165) is 12.8 Å². The van der Waals surface area contributed by atoms with Gasteiger partial charge in [-0.3, -0.25) is 4.79 Å². The van der Waals surface area contributed by atoms with Gasteiger partial charge >= 0.3 is 5.97 Å². The molecular weight excluding hydrogens is 276 g/mol. The fourth-order valence-corrected chi connectivity index (χ4v) is 2.10. The molecule has 0 saturated heterocycles. The molecule has 0 radical (unpaired) electrons. The third-order valence-electron chi connectivity index (χ3n) is 3.49. The molecule has 1 aromatic carbocycles. The number of hydrogen-bond acceptors (Lipinski definition) is 3. The molecule has 0 amide bonds. The number of para-hydroxylation sites is 2. The molecule has 4 heteroatoms. The van der Waals surface area contributed by atoms with Gasteiger partial charge in [0.2, 0.25) is 0 Å². The zero-order valence-corrected chi connectivity index (χ0v) is 13.9. The van der Waals surface area contributed by atoms with Crippen LogP contribution in [-0.4, -0.2) is 11.1 Å². The second-order valence-electron chi connectivity index (χ2n) is 5.60. The summed E-state index contributed by atoms with van der Waals surface area (Å²) in [5.41, 5.74) is 12.1. The molecule has 0 aromatic heterocycles. The van der Waals surface area contributed by atoms with Gasteiger partial charge in [-0.15, -0.1) is 0 Å². The van der Waals surface area contributed by atoms with E-state index in [0.29, 0.717) is 17.8 Å². The second kappa shape index (κ2) is 14.2. The number of nitrogens with two attached hydrogens (primary N) is 2. The zero-order chi connectivity index (χ0) is 16.6. The van der Waals surface area contributed by atoms with Gasteiger partial charge in [-0.05, 0) is 18.6 Å². The second-order valence-corrected chi connectivity index (χ2v) is 5.60. The van der Waals surface area contributed by atoms with Gasteiger partial charge in [0.1, 0.15) is 0 Å². The van der Waals surface area contributed by atoms with Crippen LogP contribution < -0.4 is 11.5 Å². The molecule has 0 aliphatic rings. The fraction of sp³-hybridized carbons (Fsp3) is 0.611. The van der Waals surface area contributed by atoms with Crippen molar-refractivity contribution in [1.29, 1.82) is 0 Å². The normalized spacial score (nSPS) is 9.86. The van der Waals surface area contributed by atoms with E-state index in [-0.39, 0.29) is 0 Å². The van der Waals surface area contributed by atoms with Crippen LogP contribution >= 0.6 is 0 Å². The minimum Gasteiger partial charge on any atom is -0.481 e. The molecule has 0 heterocycles. The quantitative estimate of drug-likeness (QED) is 0.426. The monoisotopic (exact) mass is 308 g/mol.